The van der Waals surface area contributed by atoms with Crippen LogP contribution in [0.15, 0.2) is 36.4 Å². The van der Waals surface area contributed by atoms with E-state index in [0.717, 1.165) is 24.1 Å². The molecule has 0 aliphatic carbocycles. The molecule has 1 fully saturated rings. The van der Waals surface area contributed by atoms with Crippen molar-refractivity contribution in [1.82, 2.24) is 19.4 Å². The van der Waals surface area contributed by atoms with Crippen molar-refractivity contribution in [3.05, 3.63) is 42.1 Å². The van der Waals surface area contributed by atoms with Crippen LogP contribution in [0.1, 0.15) is 23.3 Å². The number of hydrogen-bond donors (Lipinski definition) is 1. The van der Waals surface area contributed by atoms with E-state index in [0.29, 0.717) is 25.3 Å². The fourth-order valence-corrected chi connectivity index (χ4v) is 4.22. The van der Waals surface area contributed by atoms with Crippen LogP contribution in [0.2, 0.25) is 0 Å². The zero-order valence-electron chi connectivity index (χ0n) is 15.1. The zero-order valence-corrected chi connectivity index (χ0v) is 15.9. The minimum Gasteiger partial charge on any atom is -0.350 e. The molecule has 26 heavy (non-hydrogen) atoms. The fraction of sp³-hybridized carbons (Fsp3) is 0.444. The van der Waals surface area contributed by atoms with Crippen molar-refractivity contribution in [3.8, 4) is 11.3 Å². The summed E-state index contributed by atoms with van der Waals surface area (Å²) in [6.07, 6.45) is 2.95. The quantitative estimate of drug-likeness (QED) is 0.857. The second kappa shape index (κ2) is 7.59. The van der Waals surface area contributed by atoms with Crippen molar-refractivity contribution in [2.75, 3.05) is 25.9 Å². The van der Waals surface area contributed by atoms with Gasteiger partial charge in [-0.15, -0.1) is 0 Å². The summed E-state index contributed by atoms with van der Waals surface area (Å²) in [5.74, 6) is -0.112. The molecule has 0 bridgehead atoms. The van der Waals surface area contributed by atoms with Crippen molar-refractivity contribution in [2.24, 2.45) is 13.0 Å². The van der Waals surface area contributed by atoms with Gasteiger partial charge >= 0.3 is 0 Å². The minimum absolute atomic E-state index is 0.125. The van der Waals surface area contributed by atoms with E-state index < -0.39 is 10.0 Å². The molecule has 1 aliphatic heterocycles. The van der Waals surface area contributed by atoms with Crippen LogP contribution >= 0.6 is 0 Å². The minimum atomic E-state index is -3.18. The molecule has 140 valence electrons. The van der Waals surface area contributed by atoms with Gasteiger partial charge in [-0.25, -0.2) is 12.7 Å². The van der Waals surface area contributed by atoms with Crippen LogP contribution in [0, 0.1) is 5.92 Å². The van der Waals surface area contributed by atoms with E-state index in [-0.39, 0.29) is 11.8 Å². The third-order valence-corrected chi connectivity index (χ3v) is 5.95. The highest BCUT2D eigenvalue weighted by Crippen LogP contribution is 2.20. The van der Waals surface area contributed by atoms with Gasteiger partial charge in [-0.3, -0.25) is 9.48 Å². The van der Waals surface area contributed by atoms with Crippen molar-refractivity contribution in [3.63, 3.8) is 0 Å². The lowest BCUT2D eigenvalue weighted by Gasteiger charge is -2.30. The number of aromatic nitrogens is 2. The SMILES string of the molecule is Cn1nc(C(=O)NC[C@H]2CCCN(S(C)(=O)=O)C2)cc1-c1ccccc1. The number of sulfonamides is 1. The van der Waals surface area contributed by atoms with Crippen LogP contribution in [0.25, 0.3) is 11.3 Å². The van der Waals surface area contributed by atoms with Gasteiger partial charge < -0.3 is 5.32 Å². The molecule has 1 atom stereocenters. The molecule has 3 rings (SSSR count). The van der Waals surface area contributed by atoms with E-state index in [1.165, 1.54) is 10.6 Å². The van der Waals surface area contributed by atoms with E-state index in [1.807, 2.05) is 37.4 Å². The maximum Gasteiger partial charge on any atom is 0.271 e. The molecule has 1 amide bonds. The normalized spacial score (nSPS) is 18.6. The van der Waals surface area contributed by atoms with Gasteiger partial charge in [0.15, 0.2) is 5.69 Å². The second-order valence-electron chi connectivity index (χ2n) is 6.74. The summed E-state index contributed by atoms with van der Waals surface area (Å²) < 4.78 is 26.6. The highest BCUT2D eigenvalue weighted by molar-refractivity contribution is 7.88. The molecule has 1 aromatic heterocycles. The van der Waals surface area contributed by atoms with Gasteiger partial charge in [0.1, 0.15) is 0 Å². The molecular formula is C18H24N4O3S. The summed E-state index contributed by atoms with van der Waals surface area (Å²) in [5, 5.41) is 7.20. The first kappa shape index (κ1) is 18.6. The number of rotatable bonds is 5. The molecular weight excluding hydrogens is 352 g/mol. The molecule has 7 nitrogen and oxygen atoms in total. The van der Waals surface area contributed by atoms with Crippen LogP contribution in [-0.2, 0) is 17.1 Å². The summed E-state index contributed by atoms with van der Waals surface area (Å²) in [7, 11) is -1.37. The average molecular weight is 376 g/mol. The zero-order chi connectivity index (χ0) is 18.7. The lowest BCUT2D eigenvalue weighted by atomic mass is 10.00. The Labute approximate surface area is 154 Å². The van der Waals surface area contributed by atoms with Crippen LogP contribution in [0.3, 0.4) is 0 Å². The smallest absolute Gasteiger partial charge is 0.271 e. The summed E-state index contributed by atoms with van der Waals surface area (Å²) >= 11 is 0. The van der Waals surface area contributed by atoms with Gasteiger partial charge in [0.05, 0.1) is 11.9 Å². The van der Waals surface area contributed by atoms with E-state index in [2.05, 4.69) is 10.4 Å². The molecule has 1 saturated heterocycles. The maximum atomic E-state index is 12.4. The maximum absolute atomic E-state index is 12.4. The Morgan fingerprint density at radius 1 is 1.31 bits per heavy atom. The summed E-state index contributed by atoms with van der Waals surface area (Å²) in [4.78, 5) is 12.4. The molecule has 0 unspecified atom stereocenters. The third kappa shape index (κ3) is 4.31. The standard InChI is InChI=1S/C18H24N4O3S/c1-21-17(15-8-4-3-5-9-15)11-16(20-21)18(23)19-12-14-7-6-10-22(13-14)26(2,24)25/h3-5,8-9,11,14H,6-7,10,12-13H2,1-2H3,(H,19,23)/t14-/m1/s1. The summed E-state index contributed by atoms with van der Waals surface area (Å²) in [5.41, 5.74) is 2.23. The molecule has 2 heterocycles. The lowest BCUT2D eigenvalue weighted by Crippen LogP contribution is -2.43. The summed E-state index contributed by atoms with van der Waals surface area (Å²) in [6, 6.07) is 11.5. The number of nitrogens with zero attached hydrogens (tertiary/aromatic N) is 3. The lowest BCUT2D eigenvalue weighted by molar-refractivity contribution is 0.0936. The first-order valence-electron chi connectivity index (χ1n) is 8.67. The first-order valence-corrected chi connectivity index (χ1v) is 10.5. The number of nitrogens with one attached hydrogen (secondary N) is 1. The van der Waals surface area contributed by atoms with Crippen molar-refractivity contribution < 1.29 is 13.2 Å². The number of benzene rings is 1. The molecule has 8 heteroatoms. The van der Waals surface area contributed by atoms with Gasteiger partial charge in [0.25, 0.3) is 5.91 Å². The van der Waals surface area contributed by atoms with Crippen molar-refractivity contribution in [2.45, 2.75) is 12.8 Å². The number of piperidine rings is 1. The van der Waals surface area contributed by atoms with E-state index in [1.54, 1.807) is 10.7 Å². The molecule has 0 saturated carbocycles. The Balaban J connectivity index is 1.62. The van der Waals surface area contributed by atoms with Crippen LogP contribution in [-0.4, -0.2) is 54.3 Å². The summed E-state index contributed by atoms with van der Waals surface area (Å²) in [6.45, 7) is 1.46. The van der Waals surface area contributed by atoms with E-state index in [4.69, 9.17) is 0 Å². The van der Waals surface area contributed by atoms with Crippen molar-refractivity contribution >= 4 is 15.9 Å². The topological polar surface area (TPSA) is 84.3 Å². The molecule has 0 radical (unpaired) electrons. The Hall–Kier alpha value is -2.19. The Morgan fingerprint density at radius 3 is 2.73 bits per heavy atom. The number of carbonyl (C=O) groups is 1. The van der Waals surface area contributed by atoms with Gasteiger partial charge in [0, 0.05) is 26.7 Å². The van der Waals surface area contributed by atoms with Crippen LogP contribution in [0.5, 0.6) is 0 Å². The Kier molecular flexibility index (Phi) is 5.43. The average Bonchev–Trinajstić information content (AvgIpc) is 3.02. The number of aryl methyl sites for hydroxylation is 1. The molecule has 0 spiro atoms. The number of hydrogen-bond acceptors (Lipinski definition) is 4. The predicted molar refractivity (Wildman–Crippen MR) is 100 cm³/mol. The van der Waals surface area contributed by atoms with E-state index >= 15 is 0 Å². The molecule has 1 aromatic carbocycles. The third-order valence-electron chi connectivity index (χ3n) is 4.68. The Bertz CT molecular complexity index is 877. The van der Waals surface area contributed by atoms with Crippen molar-refractivity contribution in [1.29, 1.82) is 0 Å². The van der Waals surface area contributed by atoms with Crippen LogP contribution < -0.4 is 5.32 Å². The van der Waals surface area contributed by atoms with Gasteiger partial charge in [-0.1, -0.05) is 30.3 Å². The van der Waals surface area contributed by atoms with E-state index in [9.17, 15) is 13.2 Å². The largest absolute Gasteiger partial charge is 0.350 e. The van der Waals surface area contributed by atoms with Gasteiger partial charge in [-0.05, 0) is 30.4 Å². The highest BCUT2D eigenvalue weighted by atomic mass is 32.2. The number of carbonyl (C=O) groups excluding carboxylic acids is 1. The van der Waals surface area contributed by atoms with Gasteiger partial charge in [-0.2, -0.15) is 5.10 Å². The second-order valence-corrected chi connectivity index (χ2v) is 8.73. The fourth-order valence-electron chi connectivity index (χ4n) is 3.28. The Morgan fingerprint density at radius 2 is 2.04 bits per heavy atom. The molecule has 2 aromatic rings. The highest BCUT2D eigenvalue weighted by Gasteiger charge is 2.26. The van der Waals surface area contributed by atoms with Crippen LogP contribution in [0.4, 0.5) is 0 Å². The number of amides is 1. The first-order chi connectivity index (χ1) is 12.3. The predicted octanol–water partition coefficient (Wildman–Crippen LogP) is 1.49. The molecule has 1 N–H and O–H groups in total. The molecule has 1 aliphatic rings. The monoisotopic (exact) mass is 376 g/mol. The van der Waals surface area contributed by atoms with Gasteiger partial charge in [0.2, 0.25) is 10.0 Å².